The summed E-state index contributed by atoms with van der Waals surface area (Å²) in [6.07, 6.45) is 2.43. The van der Waals surface area contributed by atoms with Crippen LogP contribution in [0.1, 0.15) is 54.9 Å². The topological polar surface area (TPSA) is 60.5 Å². The number of anilines is 1. The van der Waals surface area contributed by atoms with Crippen molar-refractivity contribution in [3.05, 3.63) is 18.3 Å². The van der Waals surface area contributed by atoms with Gasteiger partial charge in [-0.3, -0.25) is 9.78 Å². The molecule has 126 valence electrons. The van der Waals surface area contributed by atoms with E-state index in [1.54, 1.807) is 12.3 Å². The Morgan fingerprint density at radius 2 is 1.83 bits per heavy atom. The van der Waals surface area contributed by atoms with Gasteiger partial charge >= 0.3 is 7.12 Å². The number of carbonyl (C=O) groups excluding carboxylic acids is 1. The van der Waals surface area contributed by atoms with Crippen LogP contribution in [-0.4, -0.2) is 29.2 Å². The van der Waals surface area contributed by atoms with Crippen molar-refractivity contribution in [2.24, 2.45) is 5.41 Å². The summed E-state index contributed by atoms with van der Waals surface area (Å²) in [6.45, 7) is 13.9. The quantitative estimate of drug-likeness (QED) is 0.867. The van der Waals surface area contributed by atoms with Crippen molar-refractivity contribution < 1.29 is 14.1 Å². The smallest absolute Gasteiger partial charge is 0.398 e. The molecule has 0 bridgehead atoms. The Hall–Kier alpha value is -1.40. The van der Waals surface area contributed by atoms with Gasteiger partial charge in [0.2, 0.25) is 5.91 Å². The normalized spacial score (nSPS) is 19.7. The van der Waals surface area contributed by atoms with Crippen LogP contribution in [0.3, 0.4) is 0 Å². The third-order valence-corrected chi connectivity index (χ3v) is 5.03. The number of amides is 1. The van der Waals surface area contributed by atoms with Crippen LogP contribution in [0.5, 0.6) is 0 Å². The Kier molecular flexibility index (Phi) is 4.61. The van der Waals surface area contributed by atoms with Gasteiger partial charge in [0.05, 0.1) is 16.8 Å². The van der Waals surface area contributed by atoms with Crippen LogP contribution in [0.15, 0.2) is 18.3 Å². The highest BCUT2D eigenvalue weighted by molar-refractivity contribution is 6.61. The Morgan fingerprint density at radius 3 is 2.35 bits per heavy atom. The molecule has 5 nitrogen and oxygen atoms in total. The largest absolute Gasteiger partial charge is 0.514 e. The van der Waals surface area contributed by atoms with Gasteiger partial charge in [-0.1, -0.05) is 20.8 Å². The number of hydrogen-bond donors (Lipinski definition) is 1. The molecule has 0 unspecified atom stereocenters. The molecular weight excluding hydrogens is 291 g/mol. The second-order valence-electron chi connectivity index (χ2n) is 7.75. The van der Waals surface area contributed by atoms with E-state index < -0.39 is 23.7 Å². The van der Waals surface area contributed by atoms with Gasteiger partial charge in [-0.15, -0.1) is 0 Å². The molecule has 1 N–H and O–H groups in total. The number of hydrogen-bond acceptors (Lipinski definition) is 4. The van der Waals surface area contributed by atoms with Crippen molar-refractivity contribution in [3.63, 3.8) is 0 Å². The van der Waals surface area contributed by atoms with Gasteiger partial charge in [-0.2, -0.15) is 0 Å². The van der Waals surface area contributed by atoms with Crippen molar-refractivity contribution >= 4 is 24.3 Å². The number of nitrogens with one attached hydrogen (secondary N) is 1. The van der Waals surface area contributed by atoms with Gasteiger partial charge in [-0.05, 0) is 46.2 Å². The van der Waals surface area contributed by atoms with Gasteiger partial charge in [0.15, 0.2) is 0 Å². The highest BCUT2D eigenvalue weighted by atomic mass is 16.7. The third-order valence-electron chi connectivity index (χ3n) is 5.03. The molecule has 2 rings (SSSR count). The molecule has 2 heterocycles. The molecule has 1 aromatic rings. The SMILES string of the molecule is CCC(C)(C)C(=O)Nc1ccnc(B2OC(C)(C)C(C)(C)O2)c1. The van der Waals surface area contributed by atoms with Gasteiger partial charge in [0, 0.05) is 17.3 Å². The lowest BCUT2D eigenvalue weighted by molar-refractivity contribution is -0.124. The second kappa shape index (κ2) is 5.91. The van der Waals surface area contributed by atoms with Crippen LogP contribution in [0, 0.1) is 5.41 Å². The highest BCUT2D eigenvalue weighted by Crippen LogP contribution is 2.36. The second-order valence-corrected chi connectivity index (χ2v) is 7.75. The van der Waals surface area contributed by atoms with Crippen molar-refractivity contribution in [1.82, 2.24) is 4.98 Å². The van der Waals surface area contributed by atoms with Gasteiger partial charge in [-0.25, -0.2) is 0 Å². The van der Waals surface area contributed by atoms with Crippen LogP contribution < -0.4 is 10.9 Å². The van der Waals surface area contributed by atoms with E-state index in [4.69, 9.17) is 9.31 Å². The lowest BCUT2D eigenvalue weighted by Crippen LogP contribution is -2.41. The van der Waals surface area contributed by atoms with Crippen LogP contribution >= 0.6 is 0 Å². The maximum absolute atomic E-state index is 12.3. The first kappa shape index (κ1) is 18.0. The number of aromatic nitrogens is 1. The first-order chi connectivity index (χ1) is 10.5. The van der Waals surface area contributed by atoms with E-state index in [2.05, 4.69) is 10.3 Å². The van der Waals surface area contributed by atoms with E-state index in [1.807, 2.05) is 54.5 Å². The van der Waals surface area contributed by atoms with Crippen molar-refractivity contribution in [3.8, 4) is 0 Å². The van der Waals surface area contributed by atoms with Crippen LogP contribution in [0.4, 0.5) is 5.69 Å². The zero-order valence-electron chi connectivity index (χ0n) is 15.2. The van der Waals surface area contributed by atoms with E-state index in [0.29, 0.717) is 11.3 Å². The van der Waals surface area contributed by atoms with E-state index in [0.717, 1.165) is 6.42 Å². The Labute approximate surface area is 139 Å². The van der Waals surface area contributed by atoms with Crippen LogP contribution in [0.25, 0.3) is 0 Å². The molecule has 1 aliphatic heterocycles. The monoisotopic (exact) mass is 318 g/mol. The predicted molar refractivity (Wildman–Crippen MR) is 92.7 cm³/mol. The van der Waals surface area contributed by atoms with Crippen LogP contribution in [0.2, 0.25) is 0 Å². The maximum Gasteiger partial charge on any atom is 0.514 e. The Morgan fingerprint density at radius 1 is 1.26 bits per heavy atom. The molecular formula is C17H27BN2O3. The van der Waals surface area contributed by atoms with E-state index in [1.165, 1.54) is 0 Å². The fraction of sp³-hybridized carbons (Fsp3) is 0.647. The zero-order chi connectivity index (χ0) is 17.5. The molecule has 0 saturated carbocycles. The predicted octanol–water partition coefficient (Wildman–Crippen LogP) is 2.76. The highest BCUT2D eigenvalue weighted by Gasteiger charge is 2.52. The number of carbonyl (C=O) groups is 1. The fourth-order valence-corrected chi connectivity index (χ4v) is 2.08. The number of nitrogens with zero attached hydrogens (tertiary/aromatic N) is 1. The first-order valence-corrected chi connectivity index (χ1v) is 8.11. The minimum Gasteiger partial charge on any atom is -0.398 e. The Bertz CT molecular complexity index is 583. The fourth-order valence-electron chi connectivity index (χ4n) is 2.08. The summed E-state index contributed by atoms with van der Waals surface area (Å²) >= 11 is 0. The molecule has 1 saturated heterocycles. The van der Waals surface area contributed by atoms with Crippen molar-refractivity contribution in [2.75, 3.05) is 5.32 Å². The van der Waals surface area contributed by atoms with Crippen molar-refractivity contribution in [1.29, 1.82) is 0 Å². The minimum absolute atomic E-state index is 0.00827. The summed E-state index contributed by atoms with van der Waals surface area (Å²) in [5.41, 5.74) is 0.131. The summed E-state index contributed by atoms with van der Waals surface area (Å²) < 4.78 is 12.0. The molecule has 0 atom stereocenters. The summed E-state index contributed by atoms with van der Waals surface area (Å²) in [5.74, 6) is -0.00827. The van der Waals surface area contributed by atoms with Gasteiger partial charge in [0.25, 0.3) is 0 Å². The minimum atomic E-state index is -0.531. The summed E-state index contributed by atoms with van der Waals surface area (Å²) in [6, 6.07) is 3.59. The molecule has 0 spiro atoms. The van der Waals surface area contributed by atoms with Gasteiger partial charge in [0.1, 0.15) is 0 Å². The standard InChI is InChI=1S/C17H27BN2O3/c1-8-15(2,3)14(21)20-12-9-10-19-13(11-12)18-22-16(4,5)17(6,7)23-18/h9-11H,8H2,1-7H3,(H,19,20,21). The Balaban J connectivity index is 2.17. The summed E-state index contributed by atoms with van der Waals surface area (Å²) in [5, 5.41) is 2.95. The molecule has 1 aliphatic rings. The van der Waals surface area contributed by atoms with Crippen molar-refractivity contribution in [2.45, 2.75) is 66.1 Å². The number of pyridine rings is 1. The molecule has 0 aliphatic carbocycles. The molecule has 0 aromatic carbocycles. The molecule has 0 radical (unpaired) electrons. The lowest BCUT2D eigenvalue weighted by atomic mass is 9.84. The number of rotatable bonds is 4. The summed E-state index contributed by atoms with van der Waals surface area (Å²) in [7, 11) is -0.531. The average molecular weight is 318 g/mol. The van der Waals surface area contributed by atoms with E-state index in [9.17, 15) is 4.79 Å². The lowest BCUT2D eigenvalue weighted by Gasteiger charge is -2.32. The van der Waals surface area contributed by atoms with Gasteiger partial charge < -0.3 is 14.6 Å². The van der Waals surface area contributed by atoms with Crippen LogP contribution in [-0.2, 0) is 14.1 Å². The molecule has 1 amide bonds. The summed E-state index contributed by atoms with van der Waals surface area (Å²) in [4.78, 5) is 16.7. The van der Waals surface area contributed by atoms with E-state index in [-0.39, 0.29) is 5.91 Å². The third kappa shape index (κ3) is 3.58. The first-order valence-electron chi connectivity index (χ1n) is 8.11. The molecule has 6 heteroatoms. The average Bonchev–Trinajstić information content (AvgIpc) is 2.68. The zero-order valence-corrected chi connectivity index (χ0v) is 15.2. The molecule has 1 fully saturated rings. The molecule has 23 heavy (non-hydrogen) atoms. The molecule has 1 aromatic heterocycles. The van der Waals surface area contributed by atoms with E-state index >= 15 is 0 Å². The maximum atomic E-state index is 12.3.